The van der Waals surface area contributed by atoms with Crippen LogP contribution < -0.4 is 0 Å². The van der Waals surface area contributed by atoms with Crippen LogP contribution in [0.25, 0.3) is 5.69 Å². The molecule has 0 unspecified atom stereocenters. The minimum absolute atomic E-state index is 0.826. The Morgan fingerprint density at radius 1 is 1.17 bits per heavy atom. The number of nitrogens with zero attached hydrogens (tertiary/aromatic N) is 2. The lowest BCUT2D eigenvalue weighted by molar-refractivity contribution is 0.789. The number of rotatable bonds is 4. The summed E-state index contributed by atoms with van der Waals surface area (Å²) in [4.78, 5) is 0. The molecule has 0 saturated heterocycles. The molecule has 0 bridgehead atoms. The molecule has 0 aliphatic carbocycles. The van der Waals surface area contributed by atoms with Crippen molar-refractivity contribution >= 4 is 31.9 Å². The van der Waals surface area contributed by atoms with Gasteiger partial charge < -0.3 is 0 Å². The summed E-state index contributed by atoms with van der Waals surface area (Å²) in [6.45, 7) is 4.30. The summed E-state index contributed by atoms with van der Waals surface area (Å²) >= 11 is 7.06. The van der Waals surface area contributed by atoms with E-state index in [4.69, 9.17) is 0 Å². The molecule has 0 atom stereocenters. The first-order chi connectivity index (χ1) is 8.69. The van der Waals surface area contributed by atoms with E-state index in [0.717, 1.165) is 34.0 Å². The topological polar surface area (TPSA) is 17.8 Å². The number of halogens is 2. The monoisotopic (exact) mass is 370 g/mol. The van der Waals surface area contributed by atoms with Crippen molar-refractivity contribution in [3.8, 4) is 5.69 Å². The molecule has 2 nitrogen and oxygen atoms in total. The Morgan fingerprint density at radius 3 is 2.56 bits per heavy atom. The summed E-state index contributed by atoms with van der Waals surface area (Å²) in [5.74, 6) is 0. The van der Waals surface area contributed by atoms with Gasteiger partial charge in [0.05, 0.1) is 11.4 Å². The first-order valence-corrected chi connectivity index (χ1v) is 8.03. The van der Waals surface area contributed by atoms with Gasteiger partial charge in [-0.05, 0) is 42.7 Å². The molecule has 0 aliphatic rings. The smallest absolute Gasteiger partial charge is 0.0690 e. The second-order valence-corrected chi connectivity index (χ2v) is 5.63. The molecule has 0 N–H and O–H groups in total. The molecule has 0 fully saturated rings. The maximum absolute atomic E-state index is 4.69. The van der Waals surface area contributed by atoms with Gasteiger partial charge in [-0.15, -0.1) is 0 Å². The molecular formula is C14H16Br2N2. The van der Waals surface area contributed by atoms with Gasteiger partial charge in [0.2, 0.25) is 0 Å². The standard InChI is InChI=1S/C14H16Br2N2/c1-3-12-8-13(4-2)18(17-12)14-6-5-11(16)7-10(14)9-15/h5-8H,3-4,9H2,1-2H3. The van der Waals surface area contributed by atoms with Crippen LogP contribution in [0.5, 0.6) is 0 Å². The molecule has 0 amide bonds. The zero-order valence-electron chi connectivity index (χ0n) is 10.6. The lowest BCUT2D eigenvalue weighted by Crippen LogP contribution is -2.04. The predicted octanol–water partition coefficient (Wildman–Crippen LogP) is 4.65. The van der Waals surface area contributed by atoms with E-state index < -0.39 is 0 Å². The first kappa shape index (κ1) is 13.8. The third kappa shape index (κ3) is 2.69. The summed E-state index contributed by atoms with van der Waals surface area (Å²) in [5, 5.41) is 5.51. The minimum Gasteiger partial charge on any atom is -0.237 e. The fourth-order valence-corrected chi connectivity index (χ4v) is 2.83. The van der Waals surface area contributed by atoms with Crippen molar-refractivity contribution in [3.63, 3.8) is 0 Å². The van der Waals surface area contributed by atoms with Gasteiger partial charge in [0.1, 0.15) is 0 Å². The number of alkyl halides is 1. The van der Waals surface area contributed by atoms with Crippen LogP contribution in [0.1, 0.15) is 30.8 Å². The normalized spacial score (nSPS) is 10.9. The van der Waals surface area contributed by atoms with Crippen molar-refractivity contribution in [2.24, 2.45) is 0 Å². The zero-order valence-corrected chi connectivity index (χ0v) is 13.8. The molecule has 96 valence electrons. The average Bonchev–Trinajstić information content (AvgIpc) is 2.81. The van der Waals surface area contributed by atoms with Crippen LogP contribution in [0.3, 0.4) is 0 Å². The zero-order chi connectivity index (χ0) is 13.1. The van der Waals surface area contributed by atoms with Crippen LogP contribution in [0, 0.1) is 0 Å². The van der Waals surface area contributed by atoms with E-state index in [1.807, 2.05) is 0 Å². The van der Waals surface area contributed by atoms with Crippen LogP contribution >= 0.6 is 31.9 Å². The molecule has 0 spiro atoms. The Morgan fingerprint density at radius 2 is 1.94 bits per heavy atom. The van der Waals surface area contributed by atoms with Gasteiger partial charge in [0.15, 0.2) is 0 Å². The van der Waals surface area contributed by atoms with Gasteiger partial charge in [-0.25, -0.2) is 4.68 Å². The molecule has 2 rings (SSSR count). The fourth-order valence-electron chi connectivity index (χ4n) is 1.98. The van der Waals surface area contributed by atoms with Crippen molar-refractivity contribution in [2.75, 3.05) is 0 Å². The van der Waals surface area contributed by atoms with E-state index in [1.165, 1.54) is 11.3 Å². The summed E-state index contributed by atoms with van der Waals surface area (Å²) in [6, 6.07) is 8.51. The highest BCUT2D eigenvalue weighted by Crippen LogP contribution is 2.24. The lowest BCUT2D eigenvalue weighted by Gasteiger charge is -2.10. The Labute approximate surface area is 125 Å². The van der Waals surface area contributed by atoms with Crippen LogP contribution in [-0.4, -0.2) is 9.78 Å². The van der Waals surface area contributed by atoms with Gasteiger partial charge in [-0.3, -0.25) is 0 Å². The molecule has 0 saturated carbocycles. The summed E-state index contributed by atoms with van der Waals surface area (Å²) in [5.41, 5.74) is 4.81. The molecule has 4 heteroatoms. The summed E-state index contributed by atoms with van der Waals surface area (Å²) in [6.07, 6.45) is 1.96. The Balaban J connectivity index is 2.56. The number of aryl methyl sites for hydroxylation is 2. The van der Waals surface area contributed by atoms with E-state index in [0.29, 0.717) is 0 Å². The highest BCUT2D eigenvalue weighted by atomic mass is 79.9. The van der Waals surface area contributed by atoms with E-state index >= 15 is 0 Å². The van der Waals surface area contributed by atoms with Crippen molar-refractivity contribution in [1.29, 1.82) is 0 Å². The van der Waals surface area contributed by atoms with E-state index in [9.17, 15) is 0 Å². The SMILES string of the molecule is CCc1cc(CC)n(-c2ccc(Br)cc2CBr)n1. The highest BCUT2D eigenvalue weighted by Gasteiger charge is 2.11. The first-order valence-electron chi connectivity index (χ1n) is 6.12. The number of aromatic nitrogens is 2. The van der Waals surface area contributed by atoms with Gasteiger partial charge in [-0.2, -0.15) is 5.10 Å². The average molecular weight is 372 g/mol. The predicted molar refractivity (Wildman–Crippen MR) is 82.7 cm³/mol. The molecule has 1 aromatic carbocycles. The Kier molecular flexibility index (Phi) is 4.62. The summed E-state index contributed by atoms with van der Waals surface area (Å²) < 4.78 is 3.17. The van der Waals surface area contributed by atoms with Gasteiger partial charge in [0, 0.05) is 15.5 Å². The Bertz CT molecular complexity index is 547. The minimum atomic E-state index is 0.826. The van der Waals surface area contributed by atoms with Crippen LogP contribution in [-0.2, 0) is 18.2 Å². The maximum atomic E-state index is 4.69. The molecule has 1 heterocycles. The molecular weight excluding hydrogens is 356 g/mol. The largest absolute Gasteiger partial charge is 0.237 e. The number of hydrogen-bond donors (Lipinski definition) is 0. The van der Waals surface area contributed by atoms with Crippen LogP contribution in [0.4, 0.5) is 0 Å². The second-order valence-electron chi connectivity index (χ2n) is 4.15. The third-order valence-electron chi connectivity index (χ3n) is 2.97. The third-order valence-corrected chi connectivity index (χ3v) is 4.07. The lowest BCUT2D eigenvalue weighted by atomic mass is 10.2. The molecule has 0 aliphatic heterocycles. The molecule has 2 aromatic rings. The maximum Gasteiger partial charge on any atom is 0.0690 e. The summed E-state index contributed by atoms with van der Waals surface area (Å²) in [7, 11) is 0. The van der Waals surface area contributed by atoms with E-state index in [1.54, 1.807) is 0 Å². The van der Waals surface area contributed by atoms with Crippen LogP contribution in [0.15, 0.2) is 28.7 Å². The van der Waals surface area contributed by atoms with Crippen molar-refractivity contribution in [1.82, 2.24) is 9.78 Å². The fraction of sp³-hybridized carbons (Fsp3) is 0.357. The molecule has 0 radical (unpaired) electrons. The van der Waals surface area contributed by atoms with Gasteiger partial charge in [0.25, 0.3) is 0 Å². The highest BCUT2D eigenvalue weighted by molar-refractivity contribution is 9.10. The second kappa shape index (κ2) is 6.02. The Hall–Kier alpha value is -0.610. The van der Waals surface area contributed by atoms with Crippen LogP contribution in [0.2, 0.25) is 0 Å². The van der Waals surface area contributed by atoms with E-state index in [2.05, 4.69) is 79.8 Å². The van der Waals surface area contributed by atoms with Crippen molar-refractivity contribution in [2.45, 2.75) is 32.0 Å². The number of hydrogen-bond acceptors (Lipinski definition) is 1. The molecule has 1 aromatic heterocycles. The van der Waals surface area contributed by atoms with E-state index in [-0.39, 0.29) is 0 Å². The van der Waals surface area contributed by atoms with Gasteiger partial charge in [-0.1, -0.05) is 45.7 Å². The quantitative estimate of drug-likeness (QED) is 0.715. The number of benzene rings is 1. The molecule has 18 heavy (non-hydrogen) atoms. The van der Waals surface area contributed by atoms with Crippen molar-refractivity contribution in [3.05, 3.63) is 45.7 Å². The van der Waals surface area contributed by atoms with Crippen molar-refractivity contribution < 1.29 is 0 Å². The van der Waals surface area contributed by atoms with Gasteiger partial charge >= 0.3 is 0 Å².